The fraction of sp³-hybridized carbons (Fsp3) is 0.842. The second-order valence-corrected chi connectivity index (χ2v) is 6.41. The maximum atomic E-state index is 4.26. The van der Waals surface area contributed by atoms with Crippen LogP contribution in [0.15, 0.2) is 12.4 Å². The molecule has 0 saturated carbocycles. The SMILES string of the molecule is CCCCCCCCCCCCCCCn1ccnc1C. The Morgan fingerprint density at radius 1 is 0.762 bits per heavy atom. The first-order valence-corrected chi connectivity index (χ1v) is 9.32. The largest absolute Gasteiger partial charge is 0.335 e. The molecular weight excluding hydrogens is 256 g/mol. The van der Waals surface area contributed by atoms with Crippen molar-refractivity contribution >= 4 is 0 Å². The lowest BCUT2D eigenvalue weighted by molar-refractivity contribution is 0.524. The first-order valence-electron chi connectivity index (χ1n) is 9.32. The maximum absolute atomic E-state index is 4.26. The Balaban J connectivity index is 1.76. The zero-order chi connectivity index (χ0) is 15.2. The van der Waals surface area contributed by atoms with Crippen molar-refractivity contribution in [3.63, 3.8) is 0 Å². The van der Waals surface area contributed by atoms with Crippen LogP contribution in [0.25, 0.3) is 0 Å². The van der Waals surface area contributed by atoms with E-state index in [1.807, 2.05) is 6.20 Å². The van der Waals surface area contributed by atoms with Gasteiger partial charge in [-0.1, -0.05) is 84.0 Å². The summed E-state index contributed by atoms with van der Waals surface area (Å²) in [6.45, 7) is 5.52. The molecule has 0 aliphatic heterocycles. The molecule has 122 valence electrons. The number of rotatable bonds is 14. The minimum Gasteiger partial charge on any atom is -0.335 e. The van der Waals surface area contributed by atoms with E-state index in [-0.39, 0.29) is 0 Å². The van der Waals surface area contributed by atoms with Crippen molar-refractivity contribution in [2.24, 2.45) is 0 Å². The quantitative estimate of drug-likeness (QED) is 0.369. The highest BCUT2D eigenvalue weighted by Gasteiger charge is 1.97. The van der Waals surface area contributed by atoms with Crippen LogP contribution < -0.4 is 0 Å². The number of aryl methyl sites for hydroxylation is 2. The summed E-state index contributed by atoms with van der Waals surface area (Å²) >= 11 is 0. The number of hydrogen-bond acceptors (Lipinski definition) is 1. The first kappa shape index (κ1) is 18.3. The lowest BCUT2D eigenvalue weighted by Gasteiger charge is -2.05. The summed E-state index contributed by atoms with van der Waals surface area (Å²) in [7, 11) is 0. The number of hydrogen-bond donors (Lipinski definition) is 0. The van der Waals surface area contributed by atoms with Crippen LogP contribution in [0.5, 0.6) is 0 Å². The lowest BCUT2D eigenvalue weighted by Crippen LogP contribution is -1.98. The van der Waals surface area contributed by atoms with Gasteiger partial charge in [0.15, 0.2) is 0 Å². The standard InChI is InChI=1S/C19H36N2/c1-3-4-5-6-7-8-9-10-11-12-13-14-15-17-21-18-16-20-19(21)2/h16,18H,3-15,17H2,1-2H3. The molecule has 1 heterocycles. The van der Waals surface area contributed by atoms with Crippen LogP contribution in [0.4, 0.5) is 0 Å². The molecule has 1 rings (SSSR count). The highest BCUT2D eigenvalue weighted by atomic mass is 15.0. The Morgan fingerprint density at radius 3 is 1.67 bits per heavy atom. The van der Waals surface area contributed by atoms with Crippen molar-refractivity contribution in [2.75, 3.05) is 0 Å². The molecule has 0 fully saturated rings. The van der Waals surface area contributed by atoms with E-state index in [0.29, 0.717) is 0 Å². The second-order valence-electron chi connectivity index (χ2n) is 6.41. The molecule has 0 aliphatic rings. The minimum absolute atomic E-state index is 1.14. The lowest BCUT2D eigenvalue weighted by atomic mass is 10.0. The average Bonchev–Trinajstić information content (AvgIpc) is 2.89. The van der Waals surface area contributed by atoms with Crippen molar-refractivity contribution in [3.05, 3.63) is 18.2 Å². The number of nitrogens with zero attached hydrogens (tertiary/aromatic N) is 2. The molecule has 1 aromatic rings. The van der Waals surface area contributed by atoms with Gasteiger partial charge in [-0.25, -0.2) is 4.98 Å². The summed E-state index contributed by atoms with van der Waals surface area (Å²) < 4.78 is 2.26. The van der Waals surface area contributed by atoms with Gasteiger partial charge in [-0.3, -0.25) is 0 Å². The summed E-state index contributed by atoms with van der Waals surface area (Å²) in [4.78, 5) is 4.26. The van der Waals surface area contributed by atoms with Crippen molar-refractivity contribution in [1.29, 1.82) is 0 Å². The highest BCUT2D eigenvalue weighted by molar-refractivity contribution is 4.87. The highest BCUT2D eigenvalue weighted by Crippen LogP contribution is 2.12. The molecule has 21 heavy (non-hydrogen) atoms. The van der Waals surface area contributed by atoms with Gasteiger partial charge in [0.05, 0.1) is 0 Å². The molecule has 2 heteroatoms. The van der Waals surface area contributed by atoms with E-state index in [2.05, 4.69) is 29.6 Å². The smallest absolute Gasteiger partial charge is 0.105 e. The van der Waals surface area contributed by atoms with Gasteiger partial charge in [-0.15, -0.1) is 0 Å². The Hall–Kier alpha value is -0.790. The second kappa shape index (κ2) is 12.9. The van der Waals surface area contributed by atoms with Crippen LogP contribution in [-0.4, -0.2) is 9.55 Å². The number of imidazole rings is 1. The Labute approximate surface area is 132 Å². The van der Waals surface area contributed by atoms with Gasteiger partial charge in [0.1, 0.15) is 5.82 Å². The molecule has 0 saturated heterocycles. The monoisotopic (exact) mass is 292 g/mol. The van der Waals surface area contributed by atoms with Gasteiger partial charge in [-0.2, -0.15) is 0 Å². The first-order chi connectivity index (χ1) is 10.3. The van der Waals surface area contributed by atoms with E-state index in [1.54, 1.807) is 0 Å². The number of aromatic nitrogens is 2. The summed E-state index contributed by atoms with van der Waals surface area (Å²) in [6.07, 6.45) is 22.5. The molecule has 0 bridgehead atoms. The predicted octanol–water partition coefficient (Wildman–Crippen LogP) is 6.28. The van der Waals surface area contributed by atoms with Gasteiger partial charge in [0.2, 0.25) is 0 Å². The molecule has 0 spiro atoms. The van der Waals surface area contributed by atoms with Gasteiger partial charge in [0.25, 0.3) is 0 Å². The fourth-order valence-corrected chi connectivity index (χ4v) is 2.94. The molecule has 0 aliphatic carbocycles. The molecular formula is C19H36N2. The Kier molecular flexibility index (Phi) is 11.2. The zero-order valence-corrected chi connectivity index (χ0v) is 14.4. The zero-order valence-electron chi connectivity index (χ0n) is 14.4. The third-order valence-electron chi connectivity index (χ3n) is 4.43. The Morgan fingerprint density at radius 2 is 1.24 bits per heavy atom. The minimum atomic E-state index is 1.14. The number of unbranched alkanes of at least 4 members (excludes halogenated alkanes) is 12. The van der Waals surface area contributed by atoms with Crippen molar-refractivity contribution < 1.29 is 0 Å². The van der Waals surface area contributed by atoms with E-state index >= 15 is 0 Å². The maximum Gasteiger partial charge on any atom is 0.105 e. The van der Waals surface area contributed by atoms with Crippen molar-refractivity contribution in [2.45, 2.75) is 104 Å². The molecule has 0 unspecified atom stereocenters. The van der Waals surface area contributed by atoms with Crippen LogP contribution in [0.1, 0.15) is 96.2 Å². The van der Waals surface area contributed by atoms with E-state index in [0.717, 1.165) is 12.4 Å². The molecule has 0 radical (unpaired) electrons. The fourth-order valence-electron chi connectivity index (χ4n) is 2.94. The molecule has 1 aromatic heterocycles. The average molecular weight is 293 g/mol. The topological polar surface area (TPSA) is 17.8 Å². The molecule has 0 N–H and O–H groups in total. The summed E-state index contributed by atoms with van der Waals surface area (Å²) in [5.74, 6) is 1.15. The summed E-state index contributed by atoms with van der Waals surface area (Å²) in [5.41, 5.74) is 0. The van der Waals surface area contributed by atoms with Crippen LogP contribution in [-0.2, 0) is 6.54 Å². The normalized spacial score (nSPS) is 11.1. The third kappa shape index (κ3) is 9.71. The van der Waals surface area contributed by atoms with E-state index in [9.17, 15) is 0 Å². The summed E-state index contributed by atoms with van der Waals surface area (Å²) in [5, 5.41) is 0. The molecule has 2 nitrogen and oxygen atoms in total. The van der Waals surface area contributed by atoms with Crippen molar-refractivity contribution in [3.8, 4) is 0 Å². The van der Waals surface area contributed by atoms with E-state index < -0.39 is 0 Å². The third-order valence-corrected chi connectivity index (χ3v) is 4.43. The molecule has 0 aromatic carbocycles. The Bertz CT molecular complexity index is 330. The predicted molar refractivity (Wildman–Crippen MR) is 92.7 cm³/mol. The van der Waals surface area contributed by atoms with Gasteiger partial charge >= 0.3 is 0 Å². The summed E-state index contributed by atoms with van der Waals surface area (Å²) in [6, 6.07) is 0. The van der Waals surface area contributed by atoms with Gasteiger partial charge < -0.3 is 4.57 Å². The van der Waals surface area contributed by atoms with Crippen LogP contribution in [0.2, 0.25) is 0 Å². The van der Waals surface area contributed by atoms with Gasteiger partial charge in [-0.05, 0) is 13.3 Å². The van der Waals surface area contributed by atoms with Crippen LogP contribution in [0.3, 0.4) is 0 Å². The molecule has 0 amide bonds. The van der Waals surface area contributed by atoms with Crippen molar-refractivity contribution in [1.82, 2.24) is 9.55 Å². The van der Waals surface area contributed by atoms with Crippen LogP contribution in [0, 0.1) is 6.92 Å². The van der Waals surface area contributed by atoms with Gasteiger partial charge in [0, 0.05) is 18.9 Å². The van der Waals surface area contributed by atoms with E-state index in [4.69, 9.17) is 0 Å². The van der Waals surface area contributed by atoms with E-state index in [1.165, 1.54) is 83.5 Å². The molecule has 0 atom stereocenters. The van der Waals surface area contributed by atoms with Crippen LogP contribution >= 0.6 is 0 Å².